The van der Waals surface area contributed by atoms with Gasteiger partial charge in [0.15, 0.2) is 0 Å². The highest BCUT2D eigenvalue weighted by Crippen LogP contribution is 1.97. The van der Waals surface area contributed by atoms with Crippen molar-refractivity contribution in [2.24, 2.45) is 0 Å². The lowest BCUT2D eigenvalue weighted by Crippen LogP contribution is -2.36. The number of nitrogens with zero attached hydrogens (tertiary/aromatic N) is 1. The molecule has 16 heavy (non-hydrogen) atoms. The molecule has 0 bridgehead atoms. The Balaban J connectivity index is 3.54. The first-order chi connectivity index (χ1) is 7.72. The molecule has 0 heterocycles. The highest BCUT2D eigenvalue weighted by molar-refractivity contribution is 4.61. The minimum atomic E-state index is 0.353. The Hall–Kier alpha value is -0.200. The van der Waals surface area contributed by atoms with Crippen LogP contribution in [-0.2, 0) is 18.9 Å². The first kappa shape index (κ1) is 15.8. The standard InChI is InChI=1S/C11H25NO4/c1-11(2)12(5-7-15-9-13-3)6-8-16-10-14-4/h11H,5-10H2,1-4H3. The van der Waals surface area contributed by atoms with Gasteiger partial charge in [-0.25, -0.2) is 0 Å². The molecule has 0 N–H and O–H groups in total. The van der Waals surface area contributed by atoms with Gasteiger partial charge in [0, 0.05) is 33.4 Å². The number of hydrogen-bond acceptors (Lipinski definition) is 5. The second kappa shape index (κ2) is 11.3. The summed E-state index contributed by atoms with van der Waals surface area (Å²) < 4.78 is 20.2. The van der Waals surface area contributed by atoms with E-state index in [1.807, 2.05) is 0 Å². The highest BCUT2D eigenvalue weighted by atomic mass is 16.7. The van der Waals surface area contributed by atoms with Crippen molar-refractivity contribution in [1.29, 1.82) is 0 Å². The van der Waals surface area contributed by atoms with Crippen molar-refractivity contribution in [1.82, 2.24) is 4.90 Å². The zero-order valence-corrected chi connectivity index (χ0v) is 10.9. The Labute approximate surface area is 98.6 Å². The van der Waals surface area contributed by atoms with Crippen LogP contribution in [0, 0.1) is 0 Å². The van der Waals surface area contributed by atoms with Crippen molar-refractivity contribution in [3.05, 3.63) is 0 Å². The Morgan fingerprint density at radius 1 is 0.875 bits per heavy atom. The van der Waals surface area contributed by atoms with E-state index < -0.39 is 0 Å². The highest BCUT2D eigenvalue weighted by Gasteiger charge is 2.08. The summed E-state index contributed by atoms with van der Waals surface area (Å²) in [6.07, 6.45) is 0. The Morgan fingerprint density at radius 3 is 1.62 bits per heavy atom. The molecule has 0 radical (unpaired) electrons. The third-order valence-electron chi connectivity index (χ3n) is 2.18. The zero-order chi connectivity index (χ0) is 12.2. The van der Waals surface area contributed by atoms with E-state index >= 15 is 0 Å². The van der Waals surface area contributed by atoms with Crippen LogP contribution >= 0.6 is 0 Å². The van der Waals surface area contributed by atoms with Crippen LogP contribution in [0.2, 0.25) is 0 Å². The Bertz CT molecular complexity index is 132. The number of ether oxygens (including phenoxy) is 4. The number of rotatable bonds is 11. The fourth-order valence-electron chi connectivity index (χ4n) is 1.28. The molecule has 0 aromatic heterocycles. The summed E-state index contributed by atoms with van der Waals surface area (Å²) in [5.74, 6) is 0. The van der Waals surface area contributed by atoms with Crippen LogP contribution in [0.25, 0.3) is 0 Å². The van der Waals surface area contributed by atoms with E-state index in [9.17, 15) is 0 Å². The summed E-state index contributed by atoms with van der Waals surface area (Å²) in [5, 5.41) is 0. The summed E-state index contributed by atoms with van der Waals surface area (Å²) >= 11 is 0. The second-order valence-electron chi connectivity index (χ2n) is 3.76. The molecule has 0 aromatic carbocycles. The van der Waals surface area contributed by atoms with Crippen LogP contribution in [0.15, 0.2) is 0 Å². The van der Waals surface area contributed by atoms with Crippen molar-refractivity contribution in [3.63, 3.8) is 0 Å². The molecule has 0 atom stereocenters. The maximum Gasteiger partial charge on any atom is 0.146 e. The van der Waals surface area contributed by atoms with Crippen molar-refractivity contribution in [2.75, 3.05) is 54.1 Å². The van der Waals surface area contributed by atoms with Crippen LogP contribution in [0.1, 0.15) is 13.8 Å². The molecule has 0 amide bonds. The third-order valence-corrected chi connectivity index (χ3v) is 2.18. The minimum absolute atomic E-state index is 0.353. The average molecular weight is 235 g/mol. The van der Waals surface area contributed by atoms with Gasteiger partial charge < -0.3 is 18.9 Å². The summed E-state index contributed by atoms with van der Waals surface area (Å²) in [6.45, 7) is 8.15. The van der Waals surface area contributed by atoms with Crippen molar-refractivity contribution in [2.45, 2.75) is 19.9 Å². The van der Waals surface area contributed by atoms with Crippen molar-refractivity contribution in [3.8, 4) is 0 Å². The third kappa shape index (κ3) is 9.06. The Kier molecular flexibility index (Phi) is 11.1. The molecular weight excluding hydrogens is 210 g/mol. The zero-order valence-electron chi connectivity index (χ0n) is 10.9. The summed E-state index contributed by atoms with van der Waals surface area (Å²) in [6, 6.07) is 0.484. The van der Waals surface area contributed by atoms with Gasteiger partial charge in [-0.3, -0.25) is 4.90 Å². The quantitative estimate of drug-likeness (QED) is 0.394. The van der Waals surface area contributed by atoms with E-state index in [1.165, 1.54) is 0 Å². The molecule has 0 saturated carbocycles. The fraction of sp³-hybridized carbons (Fsp3) is 1.00. The van der Waals surface area contributed by atoms with Gasteiger partial charge in [-0.1, -0.05) is 0 Å². The first-order valence-corrected chi connectivity index (χ1v) is 5.59. The Morgan fingerprint density at radius 2 is 1.31 bits per heavy atom. The number of hydrogen-bond donors (Lipinski definition) is 0. The molecule has 0 fully saturated rings. The van der Waals surface area contributed by atoms with E-state index in [4.69, 9.17) is 18.9 Å². The van der Waals surface area contributed by atoms with Gasteiger partial charge in [-0.2, -0.15) is 0 Å². The van der Waals surface area contributed by atoms with Gasteiger partial charge in [-0.15, -0.1) is 0 Å². The summed E-state index contributed by atoms with van der Waals surface area (Å²) in [5.41, 5.74) is 0. The lowest BCUT2D eigenvalue weighted by Gasteiger charge is -2.26. The maximum absolute atomic E-state index is 5.26. The molecule has 0 rings (SSSR count). The monoisotopic (exact) mass is 235 g/mol. The topological polar surface area (TPSA) is 40.2 Å². The second-order valence-corrected chi connectivity index (χ2v) is 3.76. The SMILES string of the molecule is COCOCCN(CCOCOC)C(C)C. The lowest BCUT2D eigenvalue weighted by atomic mass is 10.3. The molecule has 0 aliphatic rings. The van der Waals surface area contributed by atoms with Gasteiger partial charge in [-0.05, 0) is 13.8 Å². The molecule has 5 nitrogen and oxygen atoms in total. The van der Waals surface area contributed by atoms with E-state index in [-0.39, 0.29) is 0 Å². The van der Waals surface area contributed by atoms with Crippen LogP contribution in [0.3, 0.4) is 0 Å². The molecule has 5 heteroatoms. The number of methoxy groups -OCH3 is 2. The lowest BCUT2D eigenvalue weighted by molar-refractivity contribution is -0.0516. The van der Waals surface area contributed by atoms with E-state index in [0.29, 0.717) is 32.8 Å². The molecule has 0 aliphatic carbocycles. The first-order valence-electron chi connectivity index (χ1n) is 5.59. The van der Waals surface area contributed by atoms with Crippen LogP contribution < -0.4 is 0 Å². The van der Waals surface area contributed by atoms with Crippen LogP contribution in [0.5, 0.6) is 0 Å². The molecule has 0 aromatic rings. The molecule has 0 spiro atoms. The van der Waals surface area contributed by atoms with E-state index in [2.05, 4.69) is 18.7 Å². The van der Waals surface area contributed by atoms with E-state index in [0.717, 1.165) is 13.1 Å². The van der Waals surface area contributed by atoms with Crippen LogP contribution in [-0.4, -0.2) is 65.1 Å². The van der Waals surface area contributed by atoms with Gasteiger partial charge >= 0.3 is 0 Å². The van der Waals surface area contributed by atoms with Crippen molar-refractivity contribution >= 4 is 0 Å². The minimum Gasteiger partial charge on any atom is -0.359 e. The molecule has 0 aliphatic heterocycles. The fourth-order valence-corrected chi connectivity index (χ4v) is 1.28. The van der Waals surface area contributed by atoms with Gasteiger partial charge in [0.2, 0.25) is 0 Å². The van der Waals surface area contributed by atoms with Gasteiger partial charge in [0.1, 0.15) is 13.6 Å². The van der Waals surface area contributed by atoms with Crippen molar-refractivity contribution < 1.29 is 18.9 Å². The normalized spacial score (nSPS) is 11.6. The molecule has 98 valence electrons. The largest absolute Gasteiger partial charge is 0.359 e. The van der Waals surface area contributed by atoms with Gasteiger partial charge in [0.25, 0.3) is 0 Å². The van der Waals surface area contributed by atoms with Crippen LogP contribution in [0.4, 0.5) is 0 Å². The molecular formula is C11H25NO4. The molecule has 0 unspecified atom stereocenters. The maximum atomic E-state index is 5.26. The summed E-state index contributed by atoms with van der Waals surface area (Å²) in [4.78, 5) is 2.30. The predicted molar refractivity (Wildman–Crippen MR) is 62.4 cm³/mol. The van der Waals surface area contributed by atoms with Gasteiger partial charge in [0.05, 0.1) is 13.2 Å². The average Bonchev–Trinajstić information content (AvgIpc) is 2.26. The van der Waals surface area contributed by atoms with E-state index in [1.54, 1.807) is 14.2 Å². The predicted octanol–water partition coefficient (Wildman–Crippen LogP) is 0.938. The summed E-state index contributed by atoms with van der Waals surface area (Å²) in [7, 11) is 3.25. The smallest absolute Gasteiger partial charge is 0.146 e. The molecule has 0 saturated heterocycles.